The van der Waals surface area contributed by atoms with Gasteiger partial charge in [0.1, 0.15) is 22.3 Å². The molecule has 46 heavy (non-hydrogen) atoms. The van der Waals surface area contributed by atoms with Crippen LogP contribution in [0.3, 0.4) is 0 Å². The molecule has 0 spiro atoms. The number of halogens is 3. The third-order valence-corrected chi connectivity index (χ3v) is 9.01. The number of pyridine rings is 1. The van der Waals surface area contributed by atoms with Gasteiger partial charge in [0.25, 0.3) is 5.56 Å². The number of methoxy groups -OCH3 is 1. The number of nitrogens with zero attached hydrogens (tertiary/aromatic N) is 4. The van der Waals surface area contributed by atoms with Gasteiger partial charge in [0.05, 0.1) is 18.5 Å². The van der Waals surface area contributed by atoms with E-state index in [1.165, 1.54) is 34.2 Å². The Morgan fingerprint density at radius 1 is 1.07 bits per heavy atom. The quantitative estimate of drug-likeness (QED) is 0.185. The topological polar surface area (TPSA) is 110 Å². The first-order valence-corrected chi connectivity index (χ1v) is 15.9. The summed E-state index contributed by atoms with van der Waals surface area (Å²) in [6.07, 6.45) is 1.46. The minimum atomic E-state index is -0.814. The second-order valence-corrected chi connectivity index (χ2v) is 12.3. The maximum absolute atomic E-state index is 14.9. The summed E-state index contributed by atoms with van der Waals surface area (Å²) in [6.45, 7) is 3.11. The molecule has 0 saturated carbocycles. The molecule has 14 heteroatoms. The molecule has 0 aliphatic rings. The predicted molar refractivity (Wildman–Crippen MR) is 179 cm³/mol. The first-order valence-electron chi connectivity index (χ1n) is 14.3. The van der Waals surface area contributed by atoms with Crippen LogP contribution in [0.4, 0.5) is 19.3 Å². The van der Waals surface area contributed by atoms with E-state index < -0.39 is 29.4 Å². The highest BCUT2D eigenvalue weighted by atomic mass is 79.9. The Morgan fingerprint density at radius 3 is 2.41 bits per heavy atom. The number of hydrogen-bond donors (Lipinski definition) is 2. The van der Waals surface area contributed by atoms with Gasteiger partial charge in [-0.25, -0.2) is 27.9 Å². The van der Waals surface area contributed by atoms with Crippen molar-refractivity contribution in [3.8, 4) is 16.3 Å². The first kappa shape index (κ1) is 33.1. The van der Waals surface area contributed by atoms with Crippen molar-refractivity contribution in [2.75, 3.05) is 39.2 Å². The van der Waals surface area contributed by atoms with Crippen LogP contribution in [0.1, 0.15) is 18.1 Å². The Hall–Kier alpha value is -4.24. The molecule has 2 amide bonds. The molecule has 2 aromatic carbocycles. The fraction of sp³-hybridized carbons (Fsp3) is 0.250. The number of likely N-dealkylation sites (N-methyl/N-ethyl adjacent to an activating group) is 1. The van der Waals surface area contributed by atoms with Gasteiger partial charge < -0.3 is 15.4 Å². The van der Waals surface area contributed by atoms with Gasteiger partial charge in [-0.05, 0) is 77.4 Å². The van der Waals surface area contributed by atoms with Crippen LogP contribution in [0.5, 0.6) is 0 Å². The first-order chi connectivity index (χ1) is 22.1. The van der Waals surface area contributed by atoms with E-state index in [-0.39, 0.29) is 27.6 Å². The van der Waals surface area contributed by atoms with Crippen molar-refractivity contribution >= 4 is 49.2 Å². The Morgan fingerprint density at radius 2 is 1.78 bits per heavy atom. The zero-order valence-corrected chi connectivity index (χ0v) is 27.7. The Bertz CT molecular complexity index is 1970. The third kappa shape index (κ3) is 6.94. The van der Waals surface area contributed by atoms with E-state index in [2.05, 4.69) is 31.5 Å². The molecular formula is C32H31BrF2N6O4S. The number of nitrogens with one attached hydrogen (secondary N) is 2. The number of aromatic nitrogens is 3. The number of amides is 2. The lowest BCUT2D eigenvalue weighted by molar-refractivity contribution is 0.159. The molecule has 5 rings (SSSR count). The van der Waals surface area contributed by atoms with Crippen molar-refractivity contribution < 1.29 is 18.3 Å². The van der Waals surface area contributed by atoms with E-state index in [4.69, 9.17) is 4.74 Å². The number of carbonyl (C=O) groups excluding carboxylic acids is 1. The molecule has 0 bridgehead atoms. The number of ether oxygens (including phenoxy) is 1. The summed E-state index contributed by atoms with van der Waals surface area (Å²) in [5.41, 5.74) is 0.207. The molecule has 5 aromatic rings. The summed E-state index contributed by atoms with van der Waals surface area (Å²) >= 11 is 4.51. The zero-order chi connectivity index (χ0) is 33.0. The van der Waals surface area contributed by atoms with Crippen LogP contribution < -0.4 is 21.9 Å². The van der Waals surface area contributed by atoms with Crippen LogP contribution in [0.2, 0.25) is 0 Å². The van der Waals surface area contributed by atoms with Crippen LogP contribution in [0.15, 0.2) is 74.9 Å². The largest absolute Gasteiger partial charge is 0.383 e. The van der Waals surface area contributed by atoms with Gasteiger partial charge in [0.2, 0.25) is 0 Å². The fourth-order valence-electron chi connectivity index (χ4n) is 4.97. The van der Waals surface area contributed by atoms with E-state index in [1.54, 1.807) is 37.4 Å². The summed E-state index contributed by atoms with van der Waals surface area (Å²) in [5, 5.41) is 5.67. The minimum Gasteiger partial charge on any atom is -0.383 e. The summed E-state index contributed by atoms with van der Waals surface area (Å²) < 4.78 is 37.9. The lowest BCUT2D eigenvalue weighted by atomic mass is 10.1. The van der Waals surface area contributed by atoms with Gasteiger partial charge in [-0.1, -0.05) is 18.2 Å². The lowest BCUT2D eigenvalue weighted by Crippen LogP contribution is -2.39. The van der Waals surface area contributed by atoms with Crippen LogP contribution in [-0.2, 0) is 17.8 Å². The van der Waals surface area contributed by atoms with Crippen molar-refractivity contribution in [2.24, 2.45) is 0 Å². The summed E-state index contributed by atoms with van der Waals surface area (Å²) in [6, 6.07) is 13.4. The molecule has 2 N–H and O–H groups in total. The predicted octanol–water partition coefficient (Wildman–Crippen LogP) is 5.58. The highest BCUT2D eigenvalue weighted by molar-refractivity contribution is 9.10. The van der Waals surface area contributed by atoms with Crippen molar-refractivity contribution in [3.05, 3.63) is 109 Å². The molecule has 0 aliphatic heterocycles. The van der Waals surface area contributed by atoms with Crippen LogP contribution in [0.25, 0.3) is 26.5 Å². The summed E-state index contributed by atoms with van der Waals surface area (Å²) in [5.74, 6) is -1.56. The highest BCUT2D eigenvalue weighted by Crippen LogP contribution is 2.38. The molecule has 0 atom stereocenters. The number of anilines is 1. The number of fused-ring (bicyclic) bond motifs is 1. The SMILES string of the molecule is CCNC(=O)Nc1ccc(-c2sc3c(c2CN(C)CCOC)c(=O)n(-c2ccc(Br)cn2)c(=O)n3Cc2c(F)cccc2F)cc1. The van der Waals surface area contributed by atoms with E-state index in [9.17, 15) is 23.2 Å². The van der Waals surface area contributed by atoms with Crippen molar-refractivity contribution in [1.29, 1.82) is 0 Å². The van der Waals surface area contributed by atoms with Gasteiger partial charge in [-0.3, -0.25) is 14.3 Å². The average molecular weight is 714 g/mol. The number of rotatable bonds is 11. The van der Waals surface area contributed by atoms with Gasteiger partial charge >= 0.3 is 11.7 Å². The molecule has 3 heterocycles. The highest BCUT2D eigenvalue weighted by Gasteiger charge is 2.26. The van der Waals surface area contributed by atoms with Crippen molar-refractivity contribution in [2.45, 2.75) is 20.0 Å². The molecule has 0 saturated heterocycles. The van der Waals surface area contributed by atoms with E-state index in [0.29, 0.717) is 46.8 Å². The molecular weight excluding hydrogens is 682 g/mol. The van der Waals surface area contributed by atoms with Gasteiger partial charge in [0.15, 0.2) is 0 Å². The zero-order valence-electron chi connectivity index (χ0n) is 25.3. The number of hydrogen-bond acceptors (Lipinski definition) is 7. The van der Waals surface area contributed by atoms with Crippen molar-refractivity contribution in [1.82, 2.24) is 24.3 Å². The van der Waals surface area contributed by atoms with E-state index in [1.807, 2.05) is 18.9 Å². The lowest BCUT2D eigenvalue weighted by Gasteiger charge is -2.17. The summed E-state index contributed by atoms with van der Waals surface area (Å²) in [7, 11) is 3.48. The molecule has 0 aliphatic carbocycles. The van der Waals surface area contributed by atoms with Crippen LogP contribution >= 0.6 is 27.3 Å². The Kier molecular flexibility index (Phi) is 10.4. The Balaban J connectivity index is 1.79. The molecule has 0 unspecified atom stereocenters. The maximum atomic E-state index is 14.9. The van der Waals surface area contributed by atoms with E-state index >= 15 is 0 Å². The fourth-order valence-corrected chi connectivity index (χ4v) is 6.51. The molecule has 0 radical (unpaired) electrons. The van der Waals surface area contributed by atoms with Gasteiger partial charge in [-0.15, -0.1) is 11.3 Å². The maximum Gasteiger partial charge on any atom is 0.338 e. The van der Waals surface area contributed by atoms with E-state index in [0.717, 1.165) is 22.3 Å². The Labute approximate surface area is 275 Å². The molecule has 10 nitrogen and oxygen atoms in total. The van der Waals surface area contributed by atoms with Crippen LogP contribution in [-0.4, -0.2) is 58.9 Å². The monoisotopic (exact) mass is 712 g/mol. The minimum absolute atomic E-state index is 0.0649. The number of benzene rings is 2. The normalized spacial score (nSPS) is 11.4. The van der Waals surface area contributed by atoms with Gasteiger partial charge in [0, 0.05) is 53.5 Å². The summed E-state index contributed by atoms with van der Waals surface area (Å²) in [4.78, 5) is 47.7. The van der Waals surface area contributed by atoms with Crippen molar-refractivity contribution in [3.63, 3.8) is 0 Å². The number of urea groups is 1. The van der Waals surface area contributed by atoms with Crippen LogP contribution in [0, 0.1) is 11.6 Å². The molecule has 240 valence electrons. The molecule has 3 aromatic heterocycles. The number of carbonyl (C=O) groups is 1. The second kappa shape index (κ2) is 14.5. The second-order valence-electron chi connectivity index (χ2n) is 10.4. The van der Waals surface area contributed by atoms with Gasteiger partial charge in [-0.2, -0.15) is 0 Å². The standard InChI is InChI=1S/C32H31BrF2N6O4S/c1-4-36-31(43)38-21-11-8-19(9-12-21)28-23(17-39(2)14-15-45-3)27-29(42)41(26-13-10-20(33)16-37-26)32(44)40(30(27)46-28)18-22-24(34)6-5-7-25(22)35/h5-13,16H,4,14-15,17-18H2,1-3H3,(H2,36,38,43). The molecule has 0 fully saturated rings. The third-order valence-electron chi connectivity index (χ3n) is 7.24. The number of thiophene rings is 1. The average Bonchev–Trinajstić information content (AvgIpc) is 3.39. The smallest absolute Gasteiger partial charge is 0.338 e.